The van der Waals surface area contributed by atoms with Gasteiger partial charge in [0.1, 0.15) is 5.82 Å². The van der Waals surface area contributed by atoms with Crippen LogP contribution in [0, 0.1) is 5.92 Å². The van der Waals surface area contributed by atoms with Crippen molar-refractivity contribution in [3.8, 4) is 0 Å². The largest absolute Gasteiger partial charge is 0.419 e. The number of ether oxygens (including phenoxy) is 1. The minimum absolute atomic E-state index is 0.136. The highest BCUT2D eigenvalue weighted by molar-refractivity contribution is 9.10. The van der Waals surface area contributed by atoms with Gasteiger partial charge in [-0.3, -0.25) is 0 Å². The van der Waals surface area contributed by atoms with Crippen LogP contribution in [0.1, 0.15) is 24.8 Å². The van der Waals surface area contributed by atoms with Gasteiger partial charge in [0.05, 0.1) is 5.56 Å². The van der Waals surface area contributed by atoms with E-state index in [0.29, 0.717) is 30.0 Å². The van der Waals surface area contributed by atoms with Gasteiger partial charge in [0.25, 0.3) is 0 Å². The zero-order valence-corrected chi connectivity index (χ0v) is 12.4. The fourth-order valence-electron chi connectivity index (χ4n) is 1.71. The number of hydrogen-bond donors (Lipinski definition) is 1. The molecule has 0 bridgehead atoms. The van der Waals surface area contributed by atoms with E-state index >= 15 is 0 Å². The number of pyridine rings is 1. The molecule has 7 heteroatoms. The summed E-state index contributed by atoms with van der Waals surface area (Å²) in [4.78, 5) is 3.78. The number of nitrogens with zero attached hydrogens (tertiary/aromatic N) is 1. The molecular weight excluding hydrogens is 337 g/mol. The van der Waals surface area contributed by atoms with Crippen LogP contribution in [0.15, 0.2) is 16.7 Å². The lowest BCUT2D eigenvalue weighted by molar-refractivity contribution is -0.137. The Bertz CT molecular complexity index is 450. The third-order valence-corrected chi connectivity index (χ3v) is 3.40. The van der Waals surface area contributed by atoms with Crippen molar-refractivity contribution < 1.29 is 17.9 Å². The van der Waals surface area contributed by atoms with Crippen LogP contribution in [0.5, 0.6) is 0 Å². The summed E-state index contributed by atoms with van der Waals surface area (Å²) in [6.07, 6.45) is 0.0521. The van der Waals surface area contributed by atoms with Crippen molar-refractivity contribution >= 4 is 21.7 Å². The van der Waals surface area contributed by atoms with Gasteiger partial charge in [-0.05, 0) is 47.2 Å². The van der Waals surface area contributed by atoms with Crippen LogP contribution in [0.2, 0.25) is 0 Å². The summed E-state index contributed by atoms with van der Waals surface area (Å²) in [5.41, 5.74) is -0.759. The molecule has 0 amide bonds. The average molecular weight is 353 g/mol. The normalized spacial score (nSPS) is 15.4. The molecule has 0 spiro atoms. The van der Waals surface area contributed by atoms with E-state index in [2.05, 4.69) is 26.2 Å². The molecule has 0 unspecified atom stereocenters. The third kappa shape index (κ3) is 4.94. The minimum Gasteiger partial charge on any atom is -0.381 e. The van der Waals surface area contributed by atoms with Crippen molar-refractivity contribution in [2.45, 2.75) is 25.4 Å². The summed E-state index contributed by atoms with van der Waals surface area (Å²) in [5, 5.41) is 2.72. The third-order valence-electron chi connectivity index (χ3n) is 2.97. The molecule has 112 valence electrons. The Hall–Kier alpha value is -0.820. The molecule has 3 nitrogen and oxygen atoms in total. The molecule has 0 atom stereocenters. The highest BCUT2D eigenvalue weighted by Gasteiger charge is 2.34. The van der Waals surface area contributed by atoms with E-state index in [1.807, 2.05) is 0 Å². The van der Waals surface area contributed by atoms with E-state index in [0.717, 1.165) is 12.7 Å². The maximum Gasteiger partial charge on any atom is 0.419 e. The second-order valence-electron chi connectivity index (χ2n) is 4.85. The molecule has 0 radical (unpaired) electrons. The van der Waals surface area contributed by atoms with Crippen LogP contribution < -0.4 is 5.32 Å². The molecule has 0 saturated heterocycles. The molecular formula is C13H16BrF3N2O. The van der Waals surface area contributed by atoms with E-state index in [1.165, 1.54) is 19.0 Å². The summed E-state index contributed by atoms with van der Waals surface area (Å²) in [6, 6.07) is 1.03. The van der Waals surface area contributed by atoms with E-state index in [4.69, 9.17) is 4.74 Å². The molecule has 2 rings (SSSR count). The molecule has 1 fully saturated rings. The van der Waals surface area contributed by atoms with Crippen LogP contribution in [-0.2, 0) is 10.9 Å². The van der Waals surface area contributed by atoms with Gasteiger partial charge in [0.2, 0.25) is 0 Å². The molecule has 0 aromatic carbocycles. The van der Waals surface area contributed by atoms with Crippen molar-refractivity contribution in [1.29, 1.82) is 0 Å². The SMILES string of the molecule is FC(F)(F)c1cc(Br)cnc1NCCCOCC1CC1. The number of aromatic nitrogens is 1. The lowest BCUT2D eigenvalue weighted by Crippen LogP contribution is -2.14. The average Bonchev–Trinajstić information content (AvgIpc) is 3.18. The van der Waals surface area contributed by atoms with Gasteiger partial charge >= 0.3 is 6.18 Å². The lowest BCUT2D eigenvalue weighted by atomic mass is 10.2. The lowest BCUT2D eigenvalue weighted by Gasteiger charge is -2.13. The fraction of sp³-hybridized carbons (Fsp3) is 0.615. The maximum absolute atomic E-state index is 12.8. The van der Waals surface area contributed by atoms with E-state index < -0.39 is 11.7 Å². The second kappa shape index (κ2) is 6.76. The fourth-order valence-corrected chi connectivity index (χ4v) is 2.04. The van der Waals surface area contributed by atoms with E-state index in [1.54, 1.807) is 0 Å². The Morgan fingerprint density at radius 3 is 2.80 bits per heavy atom. The van der Waals surface area contributed by atoms with Gasteiger partial charge in [-0.2, -0.15) is 13.2 Å². The first-order valence-corrected chi connectivity index (χ1v) is 7.30. The zero-order chi connectivity index (χ0) is 14.6. The summed E-state index contributed by atoms with van der Waals surface area (Å²) in [5.74, 6) is 0.566. The first kappa shape index (κ1) is 15.6. The monoisotopic (exact) mass is 352 g/mol. The molecule has 1 aliphatic rings. The van der Waals surface area contributed by atoms with Crippen LogP contribution in [-0.4, -0.2) is 24.7 Å². The van der Waals surface area contributed by atoms with Gasteiger partial charge in [-0.1, -0.05) is 0 Å². The van der Waals surface area contributed by atoms with Gasteiger partial charge in [-0.15, -0.1) is 0 Å². The quantitative estimate of drug-likeness (QED) is 0.750. The summed E-state index contributed by atoms with van der Waals surface area (Å²) >= 11 is 3.00. The Labute approximate surface area is 124 Å². The highest BCUT2D eigenvalue weighted by Crippen LogP contribution is 2.35. The van der Waals surface area contributed by atoms with Crippen LogP contribution in [0.3, 0.4) is 0 Å². The van der Waals surface area contributed by atoms with Crippen molar-refractivity contribution in [3.63, 3.8) is 0 Å². The van der Waals surface area contributed by atoms with E-state index in [-0.39, 0.29) is 5.82 Å². The number of rotatable bonds is 7. The standard InChI is InChI=1S/C13H16BrF3N2O/c14-10-6-11(13(15,16)17)12(19-7-10)18-4-1-5-20-8-9-2-3-9/h6-7,9H,1-5,8H2,(H,18,19). The van der Waals surface area contributed by atoms with Crippen LogP contribution >= 0.6 is 15.9 Å². The molecule has 20 heavy (non-hydrogen) atoms. The summed E-state index contributed by atoms with van der Waals surface area (Å²) in [7, 11) is 0. The van der Waals surface area contributed by atoms with Crippen molar-refractivity contribution in [2.75, 3.05) is 25.1 Å². The topological polar surface area (TPSA) is 34.2 Å². The highest BCUT2D eigenvalue weighted by atomic mass is 79.9. The molecule has 1 heterocycles. The van der Waals surface area contributed by atoms with E-state index in [9.17, 15) is 13.2 Å². The van der Waals surface area contributed by atoms with Gasteiger partial charge < -0.3 is 10.1 Å². The number of halogens is 4. The van der Waals surface area contributed by atoms with Gasteiger partial charge in [0.15, 0.2) is 0 Å². The van der Waals surface area contributed by atoms with Crippen LogP contribution in [0.25, 0.3) is 0 Å². The maximum atomic E-state index is 12.8. The molecule has 1 N–H and O–H groups in total. The minimum atomic E-state index is -4.42. The predicted octanol–water partition coefficient (Wildman–Crippen LogP) is 4.09. The second-order valence-corrected chi connectivity index (χ2v) is 5.76. The van der Waals surface area contributed by atoms with Crippen molar-refractivity contribution in [1.82, 2.24) is 4.98 Å². The Morgan fingerprint density at radius 1 is 1.40 bits per heavy atom. The molecule has 1 saturated carbocycles. The molecule has 1 aromatic rings. The Balaban J connectivity index is 1.79. The number of hydrogen-bond acceptors (Lipinski definition) is 3. The predicted molar refractivity (Wildman–Crippen MR) is 73.6 cm³/mol. The first-order valence-electron chi connectivity index (χ1n) is 6.51. The number of nitrogens with one attached hydrogen (secondary N) is 1. The zero-order valence-electron chi connectivity index (χ0n) is 10.8. The van der Waals surface area contributed by atoms with Crippen molar-refractivity contribution in [2.24, 2.45) is 5.92 Å². The molecule has 0 aliphatic heterocycles. The summed E-state index contributed by atoms with van der Waals surface area (Å²) in [6.45, 7) is 1.73. The first-order chi connectivity index (χ1) is 9.47. The molecule has 1 aliphatic carbocycles. The summed E-state index contributed by atoms with van der Waals surface area (Å²) < 4.78 is 44.2. The van der Waals surface area contributed by atoms with Crippen molar-refractivity contribution in [3.05, 3.63) is 22.3 Å². The molecule has 1 aromatic heterocycles. The Morgan fingerprint density at radius 2 is 2.15 bits per heavy atom. The smallest absolute Gasteiger partial charge is 0.381 e. The van der Waals surface area contributed by atoms with Gasteiger partial charge in [0, 0.05) is 30.4 Å². The Kier molecular flexibility index (Phi) is 5.26. The van der Waals surface area contributed by atoms with Gasteiger partial charge in [-0.25, -0.2) is 4.98 Å². The number of alkyl halides is 3. The van der Waals surface area contributed by atoms with Crippen LogP contribution in [0.4, 0.5) is 19.0 Å². The number of anilines is 1.